The molecule has 0 spiro atoms. The Balaban J connectivity index is 2.08. The lowest BCUT2D eigenvalue weighted by molar-refractivity contribution is 0.0788. The van der Waals surface area contributed by atoms with Gasteiger partial charge in [0, 0.05) is 13.6 Å². The number of amides is 1. The summed E-state index contributed by atoms with van der Waals surface area (Å²) in [5.41, 5.74) is 1.74. The molecule has 106 valence electrons. The van der Waals surface area contributed by atoms with Crippen LogP contribution in [-0.2, 0) is 13.0 Å². The number of carbonyl (C=O) groups excluding carboxylic acids is 1. The first-order chi connectivity index (χ1) is 9.61. The maximum absolute atomic E-state index is 12.4. The normalized spacial score (nSPS) is 10.5. The van der Waals surface area contributed by atoms with Crippen molar-refractivity contribution in [2.75, 3.05) is 7.05 Å². The summed E-state index contributed by atoms with van der Waals surface area (Å²) in [6.45, 7) is 2.54. The predicted molar refractivity (Wildman–Crippen MR) is 77.8 cm³/mol. The van der Waals surface area contributed by atoms with E-state index >= 15 is 0 Å². The summed E-state index contributed by atoms with van der Waals surface area (Å²) in [6, 6.07) is 6.84. The third-order valence-corrected chi connectivity index (χ3v) is 3.70. The monoisotopic (exact) mass is 291 g/mol. The largest absolute Gasteiger partial charge is 0.508 e. The molecule has 0 aliphatic heterocycles. The van der Waals surface area contributed by atoms with E-state index in [-0.39, 0.29) is 11.7 Å². The highest BCUT2D eigenvalue weighted by Gasteiger charge is 2.19. The van der Waals surface area contributed by atoms with Gasteiger partial charge in [-0.25, -0.2) is 0 Å². The molecule has 5 nitrogen and oxygen atoms in total. The zero-order valence-electron chi connectivity index (χ0n) is 11.5. The van der Waals surface area contributed by atoms with Crippen molar-refractivity contribution in [3.8, 4) is 5.75 Å². The number of nitrogens with zero attached hydrogens (tertiary/aromatic N) is 3. The Kier molecular flexibility index (Phi) is 4.68. The highest BCUT2D eigenvalue weighted by Crippen LogP contribution is 2.17. The van der Waals surface area contributed by atoms with Crippen LogP contribution in [0.5, 0.6) is 5.75 Å². The first-order valence-electron chi connectivity index (χ1n) is 6.46. The number of hydrogen-bond donors (Lipinski definition) is 1. The molecular weight excluding hydrogens is 274 g/mol. The lowest BCUT2D eigenvalue weighted by Crippen LogP contribution is -2.26. The minimum absolute atomic E-state index is 0.0588. The molecule has 1 aromatic heterocycles. The molecule has 1 N–H and O–H groups in total. The average Bonchev–Trinajstić information content (AvgIpc) is 2.89. The second kappa shape index (κ2) is 6.47. The van der Waals surface area contributed by atoms with Crippen LogP contribution in [0.25, 0.3) is 0 Å². The van der Waals surface area contributed by atoms with Crippen LogP contribution in [0.15, 0.2) is 24.3 Å². The molecule has 0 saturated carbocycles. The summed E-state index contributed by atoms with van der Waals surface area (Å²) in [4.78, 5) is 14.6. The Morgan fingerprint density at radius 2 is 2.05 bits per heavy atom. The smallest absolute Gasteiger partial charge is 0.267 e. The van der Waals surface area contributed by atoms with Crippen LogP contribution in [0.1, 0.15) is 34.3 Å². The van der Waals surface area contributed by atoms with Gasteiger partial charge in [0.1, 0.15) is 10.6 Å². The Hall–Kier alpha value is -1.95. The van der Waals surface area contributed by atoms with Gasteiger partial charge in [-0.1, -0.05) is 30.0 Å². The molecular formula is C14H17N3O2S. The van der Waals surface area contributed by atoms with Crippen molar-refractivity contribution in [1.29, 1.82) is 0 Å². The Morgan fingerprint density at radius 3 is 2.70 bits per heavy atom. The fourth-order valence-corrected chi connectivity index (χ4v) is 2.60. The standard InChI is InChI=1S/C14H17N3O2S/c1-3-4-12-13(20-16-15-12)14(19)17(2)9-10-5-7-11(18)8-6-10/h5-8,18H,3-4,9H2,1-2H3. The van der Waals surface area contributed by atoms with Gasteiger partial charge in [-0.15, -0.1) is 5.10 Å². The minimum Gasteiger partial charge on any atom is -0.508 e. The molecule has 0 atom stereocenters. The summed E-state index contributed by atoms with van der Waals surface area (Å²) in [7, 11) is 1.75. The van der Waals surface area contributed by atoms with E-state index in [0.29, 0.717) is 11.4 Å². The van der Waals surface area contributed by atoms with Gasteiger partial charge in [0.25, 0.3) is 5.91 Å². The summed E-state index contributed by atoms with van der Waals surface area (Å²) in [5, 5.41) is 13.3. The molecule has 0 aliphatic rings. The number of aromatic nitrogens is 2. The highest BCUT2D eigenvalue weighted by atomic mass is 32.1. The van der Waals surface area contributed by atoms with E-state index in [0.717, 1.165) is 35.6 Å². The summed E-state index contributed by atoms with van der Waals surface area (Å²) >= 11 is 1.15. The lowest BCUT2D eigenvalue weighted by Gasteiger charge is -2.16. The quantitative estimate of drug-likeness (QED) is 0.919. The third kappa shape index (κ3) is 3.33. The first-order valence-corrected chi connectivity index (χ1v) is 7.23. The van der Waals surface area contributed by atoms with Crippen molar-refractivity contribution in [1.82, 2.24) is 14.5 Å². The van der Waals surface area contributed by atoms with E-state index in [1.165, 1.54) is 0 Å². The fourth-order valence-electron chi connectivity index (χ4n) is 1.89. The molecule has 2 rings (SSSR count). The fraction of sp³-hybridized carbons (Fsp3) is 0.357. The van der Waals surface area contributed by atoms with Crippen LogP contribution in [0.4, 0.5) is 0 Å². The van der Waals surface area contributed by atoms with Crippen LogP contribution < -0.4 is 0 Å². The number of benzene rings is 1. The van der Waals surface area contributed by atoms with Crippen LogP contribution in [0.2, 0.25) is 0 Å². The first kappa shape index (κ1) is 14.5. The lowest BCUT2D eigenvalue weighted by atomic mass is 10.2. The molecule has 0 radical (unpaired) electrons. The Morgan fingerprint density at radius 1 is 1.35 bits per heavy atom. The van der Waals surface area contributed by atoms with Crippen LogP contribution in [0.3, 0.4) is 0 Å². The number of phenols is 1. The number of phenolic OH excluding ortho intramolecular Hbond substituents is 1. The maximum Gasteiger partial charge on any atom is 0.267 e. The molecule has 1 amide bonds. The zero-order valence-corrected chi connectivity index (χ0v) is 12.4. The van der Waals surface area contributed by atoms with E-state index in [4.69, 9.17) is 0 Å². The molecule has 0 saturated heterocycles. The van der Waals surface area contributed by atoms with E-state index in [9.17, 15) is 9.90 Å². The number of rotatable bonds is 5. The van der Waals surface area contributed by atoms with Crippen LogP contribution in [0, 0.1) is 0 Å². The van der Waals surface area contributed by atoms with Crippen LogP contribution >= 0.6 is 11.5 Å². The van der Waals surface area contributed by atoms with E-state index in [2.05, 4.69) is 9.59 Å². The van der Waals surface area contributed by atoms with Crippen molar-refractivity contribution in [2.24, 2.45) is 0 Å². The molecule has 1 aromatic carbocycles. The summed E-state index contributed by atoms with van der Waals surface area (Å²) in [5.74, 6) is 0.163. The van der Waals surface area contributed by atoms with E-state index in [1.807, 2.05) is 6.92 Å². The third-order valence-electron chi connectivity index (χ3n) is 2.94. The number of hydrogen-bond acceptors (Lipinski definition) is 5. The van der Waals surface area contributed by atoms with Gasteiger partial charge in [0.2, 0.25) is 0 Å². The second-order valence-electron chi connectivity index (χ2n) is 4.63. The van der Waals surface area contributed by atoms with Gasteiger partial charge in [-0.3, -0.25) is 4.79 Å². The summed E-state index contributed by atoms with van der Waals surface area (Å²) in [6.07, 6.45) is 1.71. The predicted octanol–water partition coefficient (Wildman–Crippen LogP) is 2.47. The topological polar surface area (TPSA) is 66.3 Å². The maximum atomic E-state index is 12.4. The summed E-state index contributed by atoms with van der Waals surface area (Å²) < 4.78 is 3.87. The van der Waals surface area contributed by atoms with Gasteiger partial charge in [0.05, 0.1) is 5.69 Å². The molecule has 0 fully saturated rings. The van der Waals surface area contributed by atoms with E-state index < -0.39 is 0 Å². The van der Waals surface area contributed by atoms with E-state index in [1.54, 1.807) is 36.2 Å². The number of aryl methyl sites for hydroxylation is 1. The van der Waals surface area contributed by atoms with Gasteiger partial charge in [-0.05, 0) is 35.6 Å². The highest BCUT2D eigenvalue weighted by molar-refractivity contribution is 7.07. The van der Waals surface area contributed by atoms with Crippen molar-refractivity contribution in [2.45, 2.75) is 26.3 Å². The van der Waals surface area contributed by atoms with Crippen molar-refractivity contribution in [3.05, 3.63) is 40.4 Å². The second-order valence-corrected chi connectivity index (χ2v) is 5.38. The number of aromatic hydroxyl groups is 1. The minimum atomic E-state index is -0.0588. The zero-order chi connectivity index (χ0) is 14.5. The molecule has 0 unspecified atom stereocenters. The van der Waals surface area contributed by atoms with Crippen molar-refractivity contribution < 1.29 is 9.90 Å². The average molecular weight is 291 g/mol. The molecule has 6 heteroatoms. The Labute approximate surface area is 122 Å². The number of carbonyl (C=O) groups is 1. The molecule has 20 heavy (non-hydrogen) atoms. The SMILES string of the molecule is CCCc1nnsc1C(=O)N(C)Cc1ccc(O)cc1. The van der Waals surface area contributed by atoms with Gasteiger partial charge < -0.3 is 10.0 Å². The Bertz CT molecular complexity index is 580. The molecule has 0 bridgehead atoms. The van der Waals surface area contributed by atoms with Crippen molar-refractivity contribution >= 4 is 17.4 Å². The van der Waals surface area contributed by atoms with Gasteiger partial charge in [-0.2, -0.15) is 0 Å². The molecule has 2 aromatic rings. The van der Waals surface area contributed by atoms with Crippen molar-refractivity contribution in [3.63, 3.8) is 0 Å². The molecule has 0 aliphatic carbocycles. The molecule has 1 heterocycles. The van der Waals surface area contributed by atoms with Crippen LogP contribution in [-0.4, -0.2) is 32.5 Å². The van der Waals surface area contributed by atoms with Gasteiger partial charge in [0.15, 0.2) is 0 Å². The van der Waals surface area contributed by atoms with Gasteiger partial charge >= 0.3 is 0 Å².